The minimum absolute atomic E-state index is 0.470. The summed E-state index contributed by atoms with van der Waals surface area (Å²) in [5.41, 5.74) is 3.15. The van der Waals surface area contributed by atoms with Crippen LogP contribution >= 0.6 is 0 Å². The summed E-state index contributed by atoms with van der Waals surface area (Å²) in [6.07, 6.45) is 3.45. The minimum Gasteiger partial charge on any atom is -0.347 e. The Labute approximate surface area is 163 Å². The van der Waals surface area contributed by atoms with Gasteiger partial charge < -0.3 is 10.2 Å². The highest BCUT2D eigenvalue weighted by Crippen LogP contribution is 2.25. The van der Waals surface area contributed by atoms with Crippen molar-refractivity contribution in [3.05, 3.63) is 103 Å². The summed E-state index contributed by atoms with van der Waals surface area (Å²) < 4.78 is 0. The summed E-state index contributed by atoms with van der Waals surface area (Å²) in [5, 5.41) is 11.5. The molecule has 0 amide bonds. The Morgan fingerprint density at radius 3 is 2.32 bits per heavy atom. The van der Waals surface area contributed by atoms with Crippen LogP contribution in [0.25, 0.3) is 0 Å². The van der Waals surface area contributed by atoms with Crippen LogP contribution in [0.1, 0.15) is 11.3 Å². The Kier molecular flexibility index (Phi) is 5.49. The smallest absolute Gasteiger partial charge is 0.245 e. The monoisotopic (exact) mass is 368 g/mol. The van der Waals surface area contributed by atoms with Crippen LogP contribution in [0.5, 0.6) is 0 Å². The van der Waals surface area contributed by atoms with E-state index in [1.807, 2.05) is 54.6 Å². The summed E-state index contributed by atoms with van der Waals surface area (Å²) in [7, 11) is 0. The van der Waals surface area contributed by atoms with Crippen molar-refractivity contribution in [1.82, 2.24) is 20.2 Å². The van der Waals surface area contributed by atoms with Crippen molar-refractivity contribution in [1.29, 1.82) is 0 Å². The van der Waals surface area contributed by atoms with E-state index in [4.69, 9.17) is 0 Å². The molecule has 0 saturated heterocycles. The van der Waals surface area contributed by atoms with Crippen LogP contribution in [0.3, 0.4) is 0 Å². The van der Waals surface area contributed by atoms with Crippen molar-refractivity contribution in [2.24, 2.45) is 0 Å². The molecule has 4 aromatic rings. The molecule has 6 heteroatoms. The van der Waals surface area contributed by atoms with Crippen molar-refractivity contribution in [2.75, 3.05) is 10.2 Å². The first-order chi connectivity index (χ1) is 13.9. The van der Waals surface area contributed by atoms with E-state index in [2.05, 4.69) is 54.6 Å². The molecule has 0 aliphatic rings. The zero-order chi connectivity index (χ0) is 19.0. The molecular weight excluding hydrogens is 348 g/mol. The van der Waals surface area contributed by atoms with Gasteiger partial charge >= 0.3 is 0 Å². The molecule has 2 aromatic carbocycles. The first-order valence-corrected chi connectivity index (χ1v) is 9.08. The Morgan fingerprint density at radius 1 is 0.821 bits per heavy atom. The number of pyridine rings is 1. The first kappa shape index (κ1) is 17.6. The maximum atomic E-state index is 4.67. The van der Waals surface area contributed by atoms with Crippen molar-refractivity contribution in [3.63, 3.8) is 0 Å². The molecule has 0 spiro atoms. The van der Waals surface area contributed by atoms with Crippen LogP contribution in [0.4, 0.5) is 17.5 Å². The molecule has 2 heterocycles. The summed E-state index contributed by atoms with van der Waals surface area (Å²) in [6, 6.07) is 26.3. The molecule has 2 aromatic heterocycles. The number of hydrogen-bond donors (Lipinski definition) is 1. The number of hydrogen-bond acceptors (Lipinski definition) is 6. The van der Waals surface area contributed by atoms with Crippen molar-refractivity contribution >= 4 is 17.5 Å². The second-order valence-electron chi connectivity index (χ2n) is 6.22. The van der Waals surface area contributed by atoms with E-state index in [1.54, 1.807) is 12.4 Å². The maximum Gasteiger partial charge on any atom is 0.245 e. The van der Waals surface area contributed by atoms with Crippen LogP contribution in [0, 0.1) is 0 Å². The van der Waals surface area contributed by atoms with E-state index >= 15 is 0 Å². The maximum absolute atomic E-state index is 4.67. The third-order valence-electron chi connectivity index (χ3n) is 4.23. The Hall–Kier alpha value is -3.80. The molecular formula is C22H20N6. The number of nitrogens with one attached hydrogen (secondary N) is 1. The fraction of sp³-hybridized carbons (Fsp3) is 0.0909. The molecule has 0 fully saturated rings. The highest BCUT2D eigenvalue weighted by molar-refractivity contribution is 5.60. The van der Waals surface area contributed by atoms with E-state index in [1.165, 1.54) is 5.56 Å². The lowest BCUT2D eigenvalue weighted by molar-refractivity contribution is 0.884. The average molecular weight is 368 g/mol. The largest absolute Gasteiger partial charge is 0.347 e. The molecule has 0 aliphatic carbocycles. The van der Waals surface area contributed by atoms with Gasteiger partial charge in [-0.05, 0) is 29.8 Å². The van der Waals surface area contributed by atoms with E-state index in [0.29, 0.717) is 19.0 Å². The van der Waals surface area contributed by atoms with Gasteiger partial charge in [0.2, 0.25) is 5.95 Å². The highest BCUT2D eigenvalue weighted by Gasteiger charge is 2.13. The Bertz CT molecular complexity index is 993. The SMILES string of the molecule is c1ccc(CN(c2ccccc2)c2cnnc(NCc3ccccn3)n2)cc1. The van der Waals surface area contributed by atoms with Gasteiger partial charge in [0.05, 0.1) is 18.4 Å². The number of aromatic nitrogens is 4. The van der Waals surface area contributed by atoms with Crippen molar-refractivity contribution in [2.45, 2.75) is 13.1 Å². The molecule has 0 atom stereocenters. The predicted molar refractivity (Wildman–Crippen MR) is 110 cm³/mol. The van der Waals surface area contributed by atoms with Gasteiger partial charge in [0.1, 0.15) is 0 Å². The number of benzene rings is 2. The van der Waals surface area contributed by atoms with E-state index in [9.17, 15) is 0 Å². The Morgan fingerprint density at radius 2 is 1.57 bits per heavy atom. The normalized spacial score (nSPS) is 10.4. The van der Waals surface area contributed by atoms with Gasteiger partial charge in [0.25, 0.3) is 0 Å². The van der Waals surface area contributed by atoms with Gasteiger partial charge in [-0.15, -0.1) is 5.10 Å². The van der Waals surface area contributed by atoms with Crippen LogP contribution < -0.4 is 10.2 Å². The van der Waals surface area contributed by atoms with Gasteiger partial charge in [-0.2, -0.15) is 10.1 Å². The second-order valence-corrected chi connectivity index (χ2v) is 6.22. The summed E-state index contributed by atoms with van der Waals surface area (Å²) in [4.78, 5) is 11.1. The molecule has 4 rings (SSSR count). The number of rotatable bonds is 7. The lowest BCUT2D eigenvalue weighted by atomic mass is 10.2. The third kappa shape index (κ3) is 4.48. The van der Waals surface area contributed by atoms with Crippen molar-refractivity contribution in [3.8, 4) is 0 Å². The van der Waals surface area contributed by atoms with Crippen LogP contribution in [-0.4, -0.2) is 20.2 Å². The molecule has 28 heavy (non-hydrogen) atoms. The molecule has 0 unspecified atom stereocenters. The number of anilines is 3. The number of para-hydroxylation sites is 1. The summed E-state index contributed by atoms with van der Waals surface area (Å²) in [5.74, 6) is 1.20. The van der Waals surface area contributed by atoms with Gasteiger partial charge in [0, 0.05) is 18.4 Å². The van der Waals surface area contributed by atoms with Gasteiger partial charge in [0.15, 0.2) is 5.82 Å². The molecule has 0 aliphatic heterocycles. The number of nitrogens with zero attached hydrogens (tertiary/aromatic N) is 5. The zero-order valence-electron chi connectivity index (χ0n) is 15.3. The lowest BCUT2D eigenvalue weighted by Gasteiger charge is -2.24. The molecule has 138 valence electrons. The molecule has 1 N–H and O–H groups in total. The fourth-order valence-electron chi connectivity index (χ4n) is 2.85. The molecule has 0 saturated carbocycles. The first-order valence-electron chi connectivity index (χ1n) is 9.08. The van der Waals surface area contributed by atoms with E-state index < -0.39 is 0 Å². The summed E-state index contributed by atoms with van der Waals surface area (Å²) >= 11 is 0. The van der Waals surface area contributed by atoms with Crippen LogP contribution in [0.2, 0.25) is 0 Å². The van der Waals surface area contributed by atoms with Gasteiger partial charge in [-0.3, -0.25) is 4.98 Å². The van der Waals surface area contributed by atoms with Crippen LogP contribution in [0.15, 0.2) is 91.3 Å². The topological polar surface area (TPSA) is 66.8 Å². The lowest BCUT2D eigenvalue weighted by Crippen LogP contribution is -2.19. The van der Waals surface area contributed by atoms with Gasteiger partial charge in [-0.25, -0.2) is 0 Å². The van der Waals surface area contributed by atoms with E-state index in [-0.39, 0.29) is 0 Å². The third-order valence-corrected chi connectivity index (χ3v) is 4.23. The highest BCUT2D eigenvalue weighted by atomic mass is 15.3. The minimum atomic E-state index is 0.470. The fourth-order valence-corrected chi connectivity index (χ4v) is 2.85. The molecule has 0 bridgehead atoms. The van der Waals surface area contributed by atoms with Crippen molar-refractivity contribution < 1.29 is 0 Å². The molecule has 6 nitrogen and oxygen atoms in total. The van der Waals surface area contributed by atoms with E-state index in [0.717, 1.165) is 17.2 Å². The zero-order valence-corrected chi connectivity index (χ0v) is 15.3. The van der Waals surface area contributed by atoms with Gasteiger partial charge in [-0.1, -0.05) is 54.6 Å². The van der Waals surface area contributed by atoms with Crippen LogP contribution in [-0.2, 0) is 13.1 Å². The average Bonchev–Trinajstić information content (AvgIpc) is 2.78. The summed E-state index contributed by atoms with van der Waals surface area (Å²) in [6.45, 7) is 1.22. The predicted octanol–water partition coefficient (Wildman–Crippen LogP) is 4.22. The Balaban J connectivity index is 1.59. The quantitative estimate of drug-likeness (QED) is 0.527. The molecule has 0 radical (unpaired) electrons. The standard InChI is InChI=1S/C22H20N6/c1-3-9-18(10-4-1)17-28(20-12-5-2-6-13-20)21-16-25-27-22(26-21)24-15-19-11-7-8-14-23-19/h1-14,16H,15,17H2,(H,24,26,27). The second kappa shape index (κ2) is 8.73.